The monoisotopic (exact) mass is 360 g/mol. The second-order valence-corrected chi connectivity index (χ2v) is 5.92. The van der Waals surface area contributed by atoms with Crippen molar-refractivity contribution < 1.29 is 9.90 Å². The highest BCUT2D eigenvalue weighted by Crippen LogP contribution is 2.26. The molecule has 0 spiro atoms. The van der Waals surface area contributed by atoms with Gasteiger partial charge in [0, 0.05) is 13.1 Å². The fourth-order valence-corrected chi connectivity index (χ4v) is 2.84. The van der Waals surface area contributed by atoms with Gasteiger partial charge in [-0.25, -0.2) is 9.78 Å². The summed E-state index contributed by atoms with van der Waals surface area (Å²) < 4.78 is 0. The van der Waals surface area contributed by atoms with E-state index in [1.165, 1.54) is 18.3 Å². The quantitative estimate of drug-likeness (QED) is 0.426. The van der Waals surface area contributed by atoms with E-state index in [-0.39, 0.29) is 16.7 Å². The van der Waals surface area contributed by atoms with Crippen LogP contribution in [0.2, 0.25) is 5.15 Å². The van der Waals surface area contributed by atoms with Crippen LogP contribution in [0.5, 0.6) is 0 Å². The molecule has 1 aliphatic heterocycles. The van der Waals surface area contributed by atoms with E-state index in [1.807, 2.05) is 0 Å². The first-order valence-electron chi connectivity index (χ1n) is 7.75. The van der Waals surface area contributed by atoms with Crippen LogP contribution in [-0.4, -0.2) is 40.3 Å². The Labute approximate surface area is 149 Å². The summed E-state index contributed by atoms with van der Waals surface area (Å²) in [6.07, 6.45) is 3.68. The number of benzene rings is 1. The third-order valence-electron chi connectivity index (χ3n) is 3.80. The minimum absolute atomic E-state index is 0.117. The number of hydrogen-bond donors (Lipinski definition) is 3. The molecule has 3 rings (SSSR count). The molecule has 0 amide bonds. The van der Waals surface area contributed by atoms with E-state index in [9.17, 15) is 4.79 Å². The van der Waals surface area contributed by atoms with Gasteiger partial charge in [-0.15, -0.1) is 0 Å². The van der Waals surface area contributed by atoms with Gasteiger partial charge in [0.2, 0.25) is 5.95 Å². The number of nitrogens with zero attached hydrogens (tertiary/aromatic N) is 4. The zero-order chi connectivity index (χ0) is 17.8. The molecule has 2 aromatic rings. The number of hydrogen-bond acceptors (Lipinski definition) is 7. The molecule has 1 aromatic carbocycles. The lowest BCUT2D eigenvalue weighted by atomic mass is 10.2. The third-order valence-corrected chi connectivity index (χ3v) is 4.09. The predicted molar refractivity (Wildman–Crippen MR) is 97.5 cm³/mol. The molecule has 0 radical (unpaired) electrons. The smallest absolute Gasteiger partial charge is 0.335 e. The van der Waals surface area contributed by atoms with Crippen molar-refractivity contribution in [2.45, 2.75) is 12.8 Å². The van der Waals surface area contributed by atoms with Crippen molar-refractivity contribution in [1.82, 2.24) is 9.97 Å². The number of nitrogens with two attached hydrogens (primary N) is 1. The standard InChI is InChI=1S/C16H17ClN6O2/c17-13-12(14(21-16(18)20-13)23-6-1-2-7-23)9-19-22-11-5-3-4-10(8-11)15(24)25/h3-5,8-9,22H,1-2,6-7H2,(H,24,25)(H2,18,20,21). The number of nitrogens with one attached hydrogen (secondary N) is 1. The zero-order valence-electron chi connectivity index (χ0n) is 13.3. The molecular formula is C16H17ClN6O2. The molecule has 8 nitrogen and oxygen atoms in total. The van der Waals surface area contributed by atoms with E-state index in [0.29, 0.717) is 17.1 Å². The molecule has 2 heterocycles. The number of rotatable bonds is 5. The second-order valence-electron chi connectivity index (χ2n) is 5.56. The highest BCUT2D eigenvalue weighted by molar-refractivity contribution is 6.32. The second kappa shape index (κ2) is 7.35. The van der Waals surface area contributed by atoms with Crippen LogP contribution in [0.25, 0.3) is 0 Å². The number of aromatic carboxylic acids is 1. The molecule has 1 saturated heterocycles. The maximum absolute atomic E-state index is 11.0. The van der Waals surface area contributed by atoms with E-state index in [1.54, 1.807) is 12.1 Å². The van der Waals surface area contributed by atoms with Gasteiger partial charge >= 0.3 is 5.97 Å². The first kappa shape index (κ1) is 17.0. The van der Waals surface area contributed by atoms with E-state index >= 15 is 0 Å². The van der Waals surface area contributed by atoms with Gasteiger partial charge in [-0.1, -0.05) is 17.7 Å². The molecule has 0 bridgehead atoms. The van der Waals surface area contributed by atoms with Crippen LogP contribution in [0, 0.1) is 0 Å². The van der Waals surface area contributed by atoms with Gasteiger partial charge in [0.15, 0.2) is 0 Å². The average molecular weight is 361 g/mol. The average Bonchev–Trinajstić information content (AvgIpc) is 3.11. The zero-order valence-corrected chi connectivity index (χ0v) is 14.1. The van der Waals surface area contributed by atoms with Crippen LogP contribution in [-0.2, 0) is 0 Å². The predicted octanol–water partition coefficient (Wildman–Crippen LogP) is 2.46. The molecular weight excluding hydrogens is 344 g/mol. The lowest BCUT2D eigenvalue weighted by Gasteiger charge is -2.19. The summed E-state index contributed by atoms with van der Waals surface area (Å²) in [5, 5.41) is 13.4. The topological polar surface area (TPSA) is 117 Å². The Morgan fingerprint density at radius 3 is 2.84 bits per heavy atom. The van der Waals surface area contributed by atoms with E-state index in [0.717, 1.165) is 25.9 Å². The van der Waals surface area contributed by atoms with Crippen LogP contribution in [0.1, 0.15) is 28.8 Å². The summed E-state index contributed by atoms with van der Waals surface area (Å²) in [6.45, 7) is 1.75. The molecule has 130 valence electrons. The Hall–Kier alpha value is -2.87. The molecule has 0 unspecified atom stereocenters. The van der Waals surface area contributed by atoms with Crippen LogP contribution in [0.15, 0.2) is 29.4 Å². The molecule has 1 fully saturated rings. The Balaban J connectivity index is 1.83. The van der Waals surface area contributed by atoms with Gasteiger partial charge in [0.05, 0.1) is 23.0 Å². The van der Waals surface area contributed by atoms with Gasteiger partial charge < -0.3 is 15.7 Å². The van der Waals surface area contributed by atoms with Crippen molar-refractivity contribution >= 4 is 41.2 Å². The maximum atomic E-state index is 11.0. The van der Waals surface area contributed by atoms with Crippen molar-refractivity contribution in [2.75, 3.05) is 29.1 Å². The van der Waals surface area contributed by atoms with Crippen molar-refractivity contribution in [1.29, 1.82) is 0 Å². The number of halogens is 1. The summed E-state index contributed by atoms with van der Waals surface area (Å²) >= 11 is 6.21. The SMILES string of the molecule is Nc1nc(Cl)c(C=NNc2cccc(C(=O)O)c2)c(N2CCCC2)n1. The van der Waals surface area contributed by atoms with Crippen molar-refractivity contribution in [2.24, 2.45) is 5.10 Å². The molecule has 9 heteroatoms. The highest BCUT2D eigenvalue weighted by Gasteiger charge is 2.20. The fraction of sp³-hybridized carbons (Fsp3) is 0.250. The molecule has 4 N–H and O–H groups in total. The Morgan fingerprint density at radius 2 is 2.12 bits per heavy atom. The molecule has 0 atom stereocenters. The third kappa shape index (κ3) is 3.97. The first-order valence-corrected chi connectivity index (χ1v) is 8.13. The summed E-state index contributed by atoms with van der Waals surface area (Å²) in [5.74, 6) is -0.232. The van der Waals surface area contributed by atoms with E-state index in [2.05, 4.69) is 25.4 Å². The number of anilines is 3. The Kier molecular flexibility index (Phi) is 4.99. The number of carboxylic acid groups (broad SMARTS) is 1. The number of hydrazone groups is 1. The molecule has 1 aromatic heterocycles. The molecule has 25 heavy (non-hydrogen) atoms. The molecule has 1 aliphatic rings. The maximum Gasteiger partial charge on any atom is 0.335 e. The van der Waals surface area contributed by atoms with Gasteiger partial charge in [0.25, 0.3) is 0 Å². The summed E-state index contributed by atoms with van der Waals surface area (Å²) in [4.78, 5) is 21.4. The largest absolute Gasteiger partial charge is 0.478 e. The Morgan fingerprint density at radius 1 is 1.36 bits per heavy atom. The minimum atomic E-state index is -1.00. The van der Waals surface area contributed by atoms with Gasteiger partial charge in [-0.2, -0.15) is 10.1 Å². The molecule has 0 aliphatic carbocycles. The lowest BCUT2D eigenvalue weighted by Crippen LogP contribution is -2.22. The lowest BCUT2D eigenvalue weighted by molar-refractivity contribution is 0.0697. The summed E-state index contributed by atoms with van der Waals surface area (Å²) in [7, 11) is 0. The summed E-state index contributed by atoms with van der Waals surface area (Å²) in [6, 6.07) is 6.35. The summed E-state index contributed by atoms with van der Waals surface area (Å²) in [5.41, 5.74) is 9.79. The number of nitrogen functional groups attached to an aromatic ring is 1. The van der Waals surface area contributed by atoms with E-state index < -0.39 is 5.97 Å². The molecule has 0 saturated carbocycles. The number of aromatic nitrogens is 2. The first-order chi connectivity index (χ1) is 12.0. The van der Waals surface area contributed by atoms with Gasteiger partial charge in [-0.05, 0) is 31.0 Å². The normalized spacial score (nSPS) is 14.2. The van der Waals surface area contributed by atoms with Crippen LogP contribution in [0.4, 0.5) is 17.5 Å². The van der Waals surface area contributed by atoms with E-state index in [4.69, 9.17) is 22.4 Å². The van der Waals surface area contributed by atoms with Crippen molar-refractivity contribution in [3.63, 3.8) is 0 Å². The number of carboxylic acids is 1. The minimum Gasteiger partial charge on any atom is -0.478 e. The van der Waals surface area contributed by atoms with Crippen LogP contribution in [0.3, 0.4) is 0 Å². The van der Waals surface area contributed by atoms with Crippen LogP contribution >= 0.6 is 11.6 Å². The van der Waals surface area contributed by atoms with Gasteiger partial charge in [-0.3, -0.25) is 5.43 Å². The van der Waals surface area contributed by atoms with Crippen molar-refractivity contribution in [3.05, 3.63) is 40.5 Å². The fourth-order valence-electron chi connectivity index (χ4n) is 2.62. The van der Waals surface area contributed by atoms with Crippen LogP contribution < -0.4 is 16.1 Å². The highest BCUT2D eigenvalue weighted by atomic mass is 35.5. The number of carbonyl (C=O) groups is 1. The van der Waals surface area contributed by atoms with Gasteiger partial charge in [0.1, 0.15) is 11.0 Å². The van der Waals surface area contributed by atoms with Crippen molar-refractivity contribution in [3.8, 4) is 0 Å². The Bertz CT molecular complexity index is 820.